The number of nitrogens with zero attached hydrogens (tertiary/aromatic N) is 1. The molecule has 2 saturated heterocycles. The van der Waals surface area contributed by atoms with Gasteiger partial charge in [-0.05, 0) is 103 Å². The number of phenolic OH excluding ortho intramolecular Hbond substituents is 1. The molecule has 3 aromatic rings. The molecule has 11 heteroatoms. The summed E-state index contributed by atoms with van der Waals surface area (Å²) in [5, 5.41) is 30.7. The van der Waals surface area contributed by atoms with Crippen molar-refractivity contribution >= 4 is 52.5 Å². The molecule has 2 amide bonds. The molecule has 2 heterocycles. The number of phenols is 1. The maximum absolute atomic E-state index is 14.0. The molecule has 6 rings (SSSR count). The van der Waals surface area contributed by atoms with Gasteiger partial charge in [0.15, 0.2) is 0 Å². The fourth-order valence-electron chi connectivity index (χ4n) is 7.66. The van der Waals surface area contributed by atoms with Gasteiger partial charge in [0.1, 0.15) is 18.1 Å². The van der Waals surface area contributed by atoms with E-state index in [0.29, 0.717) is 49.8 Å². The number of halogens is 1. The van der Waals surface area contributed by atoms with Gasteiger partial charge in [-0.15, -0.1) is 0 Å². The first-order valence-electron chi connectivity index (χ1n) is 17.2. The van der Waals surface area contributed by atoms with E-state index < -0.39 is 36.9 Å². The standard InChI is InChI=1S/C39H41BBrNO8/c41-29-16-17-33(43)27(21-29)20-26(25-10-4-1-5-11-25)15-18-34-36-28(24-49-30-12-6-2-7-13-30)22-31-37(32(36)23-40(48)50-34)39(47)42(38(31)46)19-9-3-8-14-35(44)45/h1-2,4-7,10-13,16-17,20-21,31-32,34,37,43,48H,3,8-9,14-15,18-19,22-24H2,(H,44,45)/b26-20-/t31-,32+,34-,37-/m1/s1. The lowest BCUT2D eigenvalue weighted by Crippen LogP contribution is -2.46. The molecule has 0 unspecified atom stereocenters. The van der Waals surface area contributed by atoms with Crippen LogP contribution in [0.1, 0.15) is 56.1 Å². The number of rotatable bonds is 14. The number of allylic oxidation sites excluding steroid dienone is 1. The lowest BCUT2D eigenvalue weighted by atomic mass is 9.58. The smallest absolute Gasteiger partial charge is 0.455 e. The number of carbonyl (C=O) groups excluding carboxylic acids is 2. The number of aliphatic carboxylic acids is 1. The zero-order valence-corrected chi connectivity index (χ0v) is 29.3. The molecule has 0 spiro atoms. The molecule has 3 N–H and O–H groups in total. The van der Waals surface area contributed by atoms with Crippen molar-refractivity contribution in [3.63, 3.8) is 0 Å². The summed E-state index contributed by atoms with van der Waals surface area (Å²) in [6.07, 6.45) is 4.69. The number of hydrogen-bond donors (Lipinski definition) is 3. The first-order valence-corrected chi connectivity index (χ1v) is 18.0. The molecule has 0 aromatic heterocycles. The molecular weight excluding hydrogens is 701 g/mol. The van der Waals surface area contributed by atoms with Crippen molar-refractivity contribution in [2.75, 3.05) is 13.2 Å². The van der Waals surface area contributed by atoms with E-state index in [1.54, 1.807) is 12.1 Å². The third-order valence-corrected chi connectivity index (χ3v) is 10.5. The van der Waals surface area contributed by atoms with E-state index in [2.05, 4.69) is 15.9 Å². The van der Waals surface area contributed by atoms with Crippen LogP contribution in [0.4, 0.5) is 0 Å². The fourth-order valence-corrected chi connectivity index (χ4v) is 8.04. The largest absolute Gasteiger partial charge is 0.507 e. The van der Waals surface area contributed by atoms with Gasteiger partial charge in [-0.25, -0.2) is 0 Å². The zero-order chi connectivity index (χ0) is 35.2. The molecule has 2 aliphatic heterocycles. The van der Waals surface area contributed by atoms with Crippen molar-refractivity contribution in [1.82, 2.24) is 4.90 Å². The summed E-state index contributed by atoms with van der Waals surface area (Å²) in [5.41, 5.74) is 4.46. The maximum atomic E-state index is 14.0. The van der Waals surface area contributed by atoms with Gasteiger partial charge in [0.05, 0.1) is 17.9 Å². The van der Waals surface area contributed by atoms with Crippen LogP contribution in [0, 0.1) is 17.8 Å². The Morgan fingerprint density at radius 1 is 0.960 bits per heavy atom. The average Bonchev–Trinajstić information content (AvgIpc) is 3.35. The number of hydrogen-bond acceptors (Lipinski definition) is 7. The van der Waals surface area contributed by atoms with Crippen LogP contribution in [0.5, 0.6) is 11.5 Å². The lowest BCUT2D eigenvalue weighted by molar-refractivity contribution is -0.141. The minimum atomic E-state index is -1.12. The van der Waals surface area contributed by atoms with Gasteiger partial charge in [0.25, 0.3) is 0 Å². The molecule has 2 fully saturated rings. The number of benzene rings is 3. The maximum Gasteiger partial charge on any atom is 0.455 e. The highest BCUT2D eigenvalue weighted by molar-refractivity contribution is 9.10. The molecule has 9 nitrogen and oxygen atoms in total. The van der Waals surface area contributed by atoms with Crippen molar-refractivity contribution in [2.24, 2.45) is 17.8 Å². The molecule has 3 aliphatic rings. The van der Waals surface area contributed by atoms with Gasteiger partial charge in [0, 0.05) is 23.0 Å². The number of fused-ring (bicyclic) bond motifs is 3. The van der Waals surface area contributed by atoms with E-state index in [1.165, 1.54) is 4.90 Å². The van der Waals surface area contributed by atoms with Crippen LogP contribution in [-0.4, -0.2) is 64.3 Å². The number of unbranched alkanes of at least 4 members (excludes halogenated alkanes) is 2. The first kappa shape index (κ1) is 35.6. The predicted molar refractivity (Wildman–Crippen MR) is 194 cm³/mol. The van der Waals surface area contributed by atoms with Crippen LogP contribution in [-0.2, 0) is 19.0 Å². The number of aromatic hydroxyl groups is 1. The number of ether oxygens (including phenoxy) is 1. The van der Waals surface area contributed by atoms with Crippen molar-refractivity contribution < 1.29 is 39.0 Å². The Bertz CT molecular complexity index is 1760. The second kappa shape index (κ2) is 16.2. The molecule has 260 valence electrons. The predicted octanol–water partition coefficient (Wildman–Crippen LogP) is 7.00. The second-order valence-electron chi connectivity index (χ2n) is 13.2. The van der Waals surface area contributed by atoms with E-state index >= 15 is 0 Å². The second-order valence-corrected chi connectivity index (χ2v) is 14.1. The topological polar surface area (TPSA) is 134 Å². The van der Waals surface area contributed by atoms with Crippen LogP contribution in [0.25, 0.3) is 11.6 Å². The first-order chi connectivity index (χ1) is 24.2. The Morgan fingerprint density at radius 3 is 2.44 bits per heavy atom. The Morgan fingerprint density at radius 2 is 1.70 bits per heavy atom. The number of carboxylic acid groups (broad SMARTS) is 1. The summed E-state index contributed by atoms with van der Waals surface area (Å²) in [7, 11) is -1.12. The molecule has 0 saturated carbocycles. The van der Waals surface area contributed by atoms with E-state index in [1.807, 2.05) is 72.8 Å². The summed E-state index contributed by atoms with van der Waals surface area (Å²) >= 11 is 3.51. The van der Waals surface area contributed by atoms with Gasteiger partial charge in [-0.2, -0.15) is 0 Å². The van der Waals surface area contributed by atoms with Crippen LogP contribution < -0.4 is 4.74 Å². The minimum Gasteiger partial charge on any atom is -0.507 e. The van der Waals surface area contributed by atoms with Gasteiger partial charge in [0.2, 0.25) is 11.8 Å². The van der Waals surface area contributed by atoms with E-state index in [-0.39, 0.29) is 43.5 Å². The van der Waals surface area contributed by atoms with Crippen molar-refractivity contribution in [1.29, 1.82) is 0 Å². The van der Waals surface area contributed by atoms with Crippen molar-refractivity contribution in [3.05, 3.63) is 106 Å². The number of amides is 2. The summed E-state index contributed by atoms with van der Waals surface area (Å²) in [4.78, 5) is 40.1. The monoisotopic (exact) mass is 741 g/mol. The third kappa shape index (κ3) is 8.23. The number of carbonyl (C=O) groups is 3. The van der Waals surface area contributed by atoms with Crippen LogP contribution in [0.2, 0.25) is 6.32 Å². The molecule has 0 radical (unpaired) electrons. The quantitative estimate of drug-likeness (QED) is 0.0529. The Kier molecular flexibility index (Phi) is 11.6. The number of likely N-dealkylation sites (tertiary alicyclic amines) is 1. The summed E-state index contributed by atoms with van der Waals surface area (Å²) in [6.45, 7) is 0.470. The molecular formula is C39H41BBrNO8. The van der Waals surface area contributed by atoms with E-state index in [9.17, 15) is 24.5 Å². The molecule has 3 aromatic carbocycles. The lowest BCUT2D eigenvalue weighted by Gasteiger charge is -2.43. The number of imide groups is 1. The Balaban J connectivity index is 1.30. The summed E-state index contributed by atoms with van der Waals surface area (Å²) in [5.74, 6) is -2.03. The van der Waals surface area contributed by atoms with Crippen molar-refractivity contribution in [3.8, 4) is 11.5 Å². The van der Waals surface area contributed by atoms with Crippen LogP contribution in [0.3, 0.4) is 0 Å². The van der Waals surface area contributed by atoms with Gasteiger partial charge in [-0.3, -0.25) is 19.3 Å². The van der Waals surface area contributed by atoms with Gasteiger partial charge in [-0.1, -0.05) is 70.9 Å². The Labute approximate surface area is 300 Å². The molecule has 50 heavy (non-hydrogen) atoms. The SMILES string of the molecule is O=C(O)CCCCCN1C(=O)[C@@H]2[C@@H](CC(COc3ccccc3)=C3[C@@H](CC/C(=C/c4cc(Br)ccc4O)c4ccccc4)OB(O)C[C@@H]32)C1=O. The van der Waals surface area contributed by atoms with E-state index in [4.69, 9.17) is 14.5 Å². The zero-order valence-electron chi connectivity index (χ0n) is 27.7. The average molecular weight is 742 g/mol. The molecule has 0 bridgehead atoms. The minimum absolute atomic E-state index is 0.0534. The van der Waals surface area contributed by atoms with E-state index in [0.717, 1.165) is 26.8 Å². The Hall–Kier alpha value is -4.19. The van der Waals surface area contributed by atoms with Gasteiger partial charge >= 0.3 is 13.1 Å². The van der Waals surface area contributed by atoms with Gasteiger partial charge < -0.3 is 24.6 Å². The molecule has 1 aliphatic carbocycles. The molecule has 4 atom stereocenters. The van der Waals surface area contributed by atoms with Crippen molar-refractivity contribution in [2.45, 2.75) is 57.4 Å². The normalized spacial score (nSPS) is 22.1. The highest BCUT2D eigenvalue weighted by atomic mass is 79.9. The summed E-state index contributed by atoms with van der Waals surface area (Å²) in [6, 6.07) is 24.6. The fraction of sp³-hybridized carbons (Fsp3) is 0.359. The van der Waals surface area contributed by atoms with Crippen LogP contribution in [0.15, 0.2) is 94.5 Å². The third-order valence-electron chi connectivity index (χ3n) is 9.97. The number of carboxylic acids is 1. The number of para-hydroxylation sites is 1. The summed E-state index contributed by atoms with van der Waals surface area (Å²) < 4.78 is 13.3. The highest BCUT2D eigenvalue weighted by Gasteiger charge is 2.57. The van der Waals surface area contributed by atoms with Crippen LogP contribution >= 0.6 is 15.9 Å². The highest BCUT2D eigenvalue weighted by Crippen LogP contribution is 2.51.